The van der Waals surface area contributed by atoms with Crippen LogP contribution in [0.25, 0.3) is 0 Å². The molecule has 128 valence electrons. The monoisotopic (exact) mass is 336 g/mol. The zero-order chi connectivity index (χ0) is 16.9. The number of imidazole rings is 2. The summed E-state index contributed by atoms with van der Waals surface area (Å²) in [6, 6.07) is 0. The molecular formula is C14H16N4O6. The van der Waals surface area contributed by atoms with E-state index >= 15 is 0 Å². The summed E-state index contributed by atoms with van der Waals surface area (Å²) in [4.78, 5) is 28.9. The number of fused-ring (bicyclic) bond motifs is 1. The first-order valence-electron chi connectivity index (χ1n) is 7.28. The first kappa shape index (κ1) is 16.1. The summed E-state index contributed by atoms with van der Waals surface area (Å²) in [6.45, 7) is 1.09. The van der Waals surface area contributed by atoms with Crippen LogP contribution in [0, 0.1) is 0 Å². The zero-order valence-electron chi connectivity index (χ0n) is 12.6. The standard InChI is InChI=1S/C10H12N2O4.C4H4N2O2/c13-10(12-3-2-11-6-12)16-8-5-15-7-1-4-14-9(7)8;7-4(8)6-2-1-5-3-6/h2-3,6-9H,1,4-5H2;1-3H,(H,7,8)/t7-,8-,9+;/m1./s1. The average Bonchev–Trinajstić information content (AvgIpc) is 3.34. The Kier molecular flexibility index (Phi) is 4.87. The molecule has 24 heavy (non-hydrogen) atoms. The van der Waals surface area contributed by atoms with Crippen molar-refractivity contribution in [2.24, 2.45) is 0 Å². The van der Waals surface area contributed by atoms with Crippen LogP contribution < -0.4 is 0 Å². The number of carbonyl (C=O) groups excluding carboxylic acids is 1. The van der Waals surface area contributed by atoms with E-state index in [2.05, 4.69) is 9.97 Å². The first-order chi connectivity index (χ1) is 11.6. The summed E-state index contributed by atoms with van der Waals surface area (Å²) in [5.74, 6) is 0. The van der Waals surface area contributed by atoms with E-state index in [9.17, 15) is 9.59 Å². The molecule has 0 bridgehead atoms. The lowest BCUT2D eigenvalue weighted by molar-refractivity contribution is 0.00512. The highest BCUT2D eigenvalue weighted by Crippen LogP contribution is 2.28. The number of rotatable bonds is 1. The van der Waals surface area contributed by atoms with Gasteiger partial charge in [0, 0.05) is 31.4 Å². The molecule has 0 spiro atoms. The highest BCUT2D eigenvalue weighted by molar-refractivity contribution is 5.70. The number of aromatic nitrogens is 4. The number of ether oxygens (including phenoxy) is 3. The molecule has 0 unspecified atom stereocenters. The number of nitrogens with zero attached hydrogens (tertiary/aromatic N) is 4. The number of carbonyl (C=O) groups is 2. The Morgan fingerprint density at radius 3 is 2.42 bits per heavy atom. The van der Waals surface area contributed by atoms with Crippen molar-refractivity contribution in [3.63, 3.8) is 0 Å². The fraction of sp³-hybridized carbons (Fsp3) is 0.429. The van der Waals surface area contributed by atoms with E-state index in [1.165, 1.54) is 35.8 Å². The Bertz CT molecular complexity index is 672. The summed E-state index contributed by atoms with van der Waals surface area (Å²) in [5, 5.41) is 8.20. The van der Waals surface area contributed by atoms with Gasteiger partial charge in [-0.25, -0.2) is 28.7 Å². The van der Waals surface area contributed by atoms with Crippen LogP contribution in [0.3, 0.4) is 0 Å². The lowest BCUT2D eigenvalue weighted by Crippen LogP contribution is -2.33. The van der Waals surface area contributed by atoms with Crippen molar-refractivity contribution in [2.45, 2.75) is 24.7 Å². The molecule has 0 aromatic carbocycles. The molecule has 2 saturated heterocycles. The number of hydrogen-bond acceptors (Lipinski definition) is 7. The second-order valence-electron chi connectivity index (χ2n) is 5.14. The second kappa shape index (κ2) is 7.23. The highest BCUT2D eigenvalue weighted by Gasteiger charge is 2.44. The van der Waals surface area contributed by atoms with E-state index in [1.807, 2.05) is 0 Å². The molecule has 4 heterocycles. The largest absolute Gasteiger partial charge is 0.464 e. The van der Waals surface area contributed by atoms with Crippen LogP contribution in [-0.4, -0.2) is 67.9 Å². The lowest BCUT2D eigenvalue weighted by atomic mass is 10.1. The van der Waals surface area contributed by atoms with Crippen molar-refractivity contribution in [1.82, 2.24) is 19.1 Å². The van der Waals surface area contributed by atoms with Gasteiger partial charge in [-0.15, -0.1) is 0 Å². The fourth-order valence-corrected chi connectivity index (χ4v) is 2.46. The van der Waals surface area contributed by atoms with E-state index in [0.29, 0.717) is 13.2 Å². The minimum absolute atomic E-state index is 0.0839. The molecule has 0 radical (unpaired) electrons. The fourth-order valence-electron chi connectivity index (χ4n) is 2.46. The van der Waals surface area contributed by atoms with E-state index in [4.69, 9.17) is 19.3 Å². The number of hydrogen-bond donors (Lipinski definition) is 1. The summed E-state index contributed by atoms with van der Waals surface area (Å²) in [7, 11) is 0. The minimum atomic E-state index is -1.01. The molecule has 2 aliphatic rings. The predicted molar refractivity (Wildman–Crippen MR) is 77.6 cm³/mol. The molecular weight excluding hydrogens is 320 g/mol. The summed E-state index contributed by atoms with van der Waals surface area (Å²) >= 11 is 0. The van der Waals surface area contributed by atoms with Gasteiger partial charge >= 0.3 is 12.2 Å². The Hall–Kier alpha value is -2.72. The van der Waals surface area contributed by atoms with Crippen LogP contribution >= 0.6 is 0 Å². The van der Waals surface area contributed by atoms with Crippen LogP contribution in [0.2, 0.25) is 0 Å². The predicted octanol–water partition coefficient (Wildman–Crippen LogP) is 0.833. The maximum atomic E-state index is 11.6. The van der Waals surface area contributed by atoms with Gasteiger partial charge in [-0.3, -0.25) is 0 Å². The summed E-state index contributed by atoms with van der Waals surface area (Å²) < 4.78 is 18.5. The molecule has 3 atom stereocenters. The van der Waals surface area contributed by atoms with Gasteiger partial charge in [-0.1, -0.05) is 0 Å². The normalized spacial score (nSPS) is 24.8. The Balaban J connectivity index is 0.000000179. The summed E-state index contributed by atoms with van der Waals surface area (Å²) in [5.41, 5.74) is 0. The van der Waals surface area contributed by atoms with Crippen molar-refractivity contribution in [1.29, 1.82) is 0 Å². The summed E-state index contributed by atoms with van der Waals surface area (Å²) in [6.07, 6.45) is 7.58. The Labute approximate surface area is 136 Å². The van der Waals surface area contributed by atoms with E-state index in [1.54, 1.807) is 6.20 Å². The molecule has 4 rings (SSSR count). The van der Waals surface area contributed by atoms with Crippen LogP contribution in [0.15, 0.2) is 37.4 Å². The van der Waals surface area contributed by atoms with E-state index in [0.717, 1.165) is 11.0 Å². The molecule has 10 nitrogen and oxygen atoms in total. The average molecular weight is 336 g/mol. The maximum absolute atomic E-state index is 11.6. The lowest BCUT2D eigenvalue weighted by Gasteiger charge is -2.16. The smallest absolute Gasteiger partial charge is 0.419 e. The van der Waals surface area contributed by atoms with Gasteiger partial charge in [0.2, 0.25) is 0 Å². The topological polar surface area (TPSA) is 118 Å². The van der Waals surface area contributed by atoms with Gasteiger partial charge in [0.1, 0.15) is 18.8 Å². The molecule has 0 aliphatic carbocycles. The van der Waals surface area contributed by atoms with Gasteiger partial charge in [0.05, 0.1) is 12.7 Å². The first-order valence-corrected chi connectivity index (χ1v) is 7.28. The van der Waals surface area contributed by atoms with Gasteiger partial charge in [0.15, 0.2) is 6.10 Å². The Morgan fingerprint density at radius 2 is 1.83 bits per heavy atom. The van der Waals surface area contributed by atoms with Crippen LogP contribution in [0.1, 0.15) is 6.42 Å². The van der Waals surface area contributed by atoms with Crippen molar-refractivity contribution >= 4 is 12.2 Å². The molecule has 10 heteroatoms. The minimum Gasteiger partial charge on any atom is -0.464 e. The third-order valence-corrected chi connectivity index (χ3v) is 3.61. The van der Waals surface area contributed by atoms with Crippen molar-refractivity contribution in [2.75, 3.05) is 13.2 Å². The van der Waals surface area contributed by atoms with Gasteiger partial charge in [-0.2, -0.15) is 0 Å². The van der Waals surface area contributed by atoms with Crippen LogP contribution in [-0.2, 0) is 14.2 Å². The van der Waals surface area contributed by atoms with E-state index < -0.39 is 12.2 Å². The molecule has 2 fully saturated rings. The van der Waals surface area contributed by atoms with Crippen molar-refractivity contribution in [3.05, 3.63) is 37.4 Å². The zero-order valence-corrected chi connectivity index (χ0v) is 12.6. The van der Waals surface area contributed by atoms with E-state index in [-0.39, 0.29) is 18.3 Å². The second-order valence-corrected chi connectivity index (χ2v) is 5.14. The van der Waals surface area contributed by atoms with Gasteiger partial charge in [0.25, 0.3) is 0 Å². The third kappa shape index (κ3) is 3.60. The molecule has 2 aromatic rings. The maximum Gasteiger partial charge on any atom is 0.419 e. The molecule has 2 aliphatic heterocycles. The molecule has 2 aromatic heterocycles. The van der Waals surface area contributed by atoms with Crippen LogP contribution in [0.5, 0.6) is 0 Å². The number of carboxylic acid groups (broad SMARTS) is 1. The SMILES string of the molecule is O=C(O)n1ccnc1.O=C(O[C@@H]1CO[C@@H]2CCO[C@@H]21)n1ccnc1. The quantitative estimate of drug-likeness (QED) is 0.814. The van der Waals surface area contributed by atoms with Gasteiger partial charge in [-0.05, 0) is 6.42 Å². The molecule has 1 N–H and O–H groups in total. The Morgan fingerprint density at radius 1 is 1.12 bits per heavy atom. The van der Waals surface area contributed by atoms with Crippen LogP contribution in [0.4, 0.5) is 9.59 Å². The van der Waals surface area contributed by atoms with Gasteiger partial charge < -0.3 is 19.3 Å². The molecule has 0 amide bonds. The third-order valence-electron chi connectivity index (χ3n) is 3.61. The van der Waals surface area contributed by atoms with Crippen molar-refractivity contribution < 1.29 is 28.9 Å². The molecule has 0 saturated carbocycles. The highest BCUT2D eigenvalue weighted by atomic mass is 16.6. The van der Waals surface area contributed by atoms with Crippen molar-refractivity contribution in [3.8, 4) is 0 Å².